The summed E-state index contributed by atoms with van der Waals surface area (Å²) in [5, 5.41) is 4.52. The Hall–Kier alpha value is -1.07. The fourth-order valence-corrected chi connectivity index (χ4v) is 2.67. The molecule has 1 unspecified atom stereocenters. The van der Waals surface area contributed by atoms with Crippen LogP contribution in [-0.4, -0.2) is 33.0 Å². The van der Waals surface area contributed by atoms with Gasteiger partial charge >= 0.3 is 0 Å². The molecule has 6 heteroatoms. The monoisotopic (exact) mass is 284 g/mol. The number of aromatic nitrogens is 4. The van der Waals surface area contributed by atoms with Crippen LogP contribution in [0.1, 0.15) is 25.4 Å². The standard InChI is InChI=1S/C13H21ClN4O/c1-5-10-12-13(17(3)16-10)18(11(6-14)15-12)7-9(2)8-19-4/h9H,5-8H2,1-4H3. The molecule has 0 fully saturated rings. The predicted octanol–water partition coefficient (Wildman–Crippen LogP) is 2.35. The van der Waals surface area contributed by atoms with Gasteiger partial charge in [0.1, 0.15) is 11.3 Å². The van der Waals surface area contributed by atoms with Gasteiger partial charge in [0.15, 0.2) is 5.65 Å². The molecule has 0 aromatic carbocycles. The zero-order valence-electron chi connectivity index (χ0n) is 12.0. The van der Waals surface area contributed by atoms with E-state index in [0.717, 1.165) is 42.3 Å². The minimum Gasteiger partial charge on any atom is -0.384 e. The van der Waals surface area contributed by atoms with Crippen molar-refractivity contribution in [2.45, 2.75) is 32.7 Å². The molecular weight excluding hydrogens is 264 g/mol. The molecule has 2 rings (SSSR count). The number of hydrogen-bond donors (Lipinski definition) is 0. The van der Waals surface area contributed by atoms with Gasteiger partial charge in [0, 0.05) is 20.7 Å². The fourth-order valence-electron chi connectivity index (χ4n) is 2.47. The van der Waals surface area contributed by atoms with Crippen LogP contribution in [0.15, 0.2) is 0 Å². The van der Waals surface area contributed by atoms with Crippen LogP contribution in [-0.2, 0) is 30.6 Å². The highest BCUT2D eigenvalue weighted by atomic mass is 35.5. The summed E-state index contributed by atoms with van der Waals surface area (Å²) >= 11 is 6.02. The van der Waals surface area contributed by atoms with E-state index in [1.54, 1.807) is 7.11 Å². The van der Waals surface area contributed by atoms with E-state index in [0.29, 0.717) is 11.8 Å². The number of methoxy groups -OCH3 is 1. The van der Waals surface area contributed by atoms with Gasteiger partial charge in [-0.25, -0.2) is 4.98 Å². The van der Waals surface area contributed by atoms with Gasteiger partial charge in [-0.1, -0.05) is 13.8 Å². The third-order valence-electron chi connectivity index (χ3n) is 3.27. The Balaban J connectivity index is 2.47. The number of ether oxygens (including phenoxy) is 1. The lowest BCUT2D eigenvalue weighted by atomic mass is 10.2. The molecule has 2 heterocycles. The summed E-state index contributed by atoms with van der Waals surface area (Å²) in [5.41, 5.74) is 3.06. The topological polar surface area (TPSA) is 44.9 Å². The number of fused-ring (bicyclic) bond motifs is 1. The third kappa shape index (κ3) is 2.62. The van der Waals surface area contributed by atoms with Crippen LogP contribution in [0, 0.1) is 5.92 Å². The van der Waals surface area contributed by atoms with Crippen LogP contribution >= 0.6 is 11.6 Å². The van der Waals surface area contributed by atoms with Gasteiger partial charge in [-0.2, -0.15) is 5.10 Å². The van der Waals surface area contributed by atoms with Crippen LogP contribution in [0.25, 0.3) is 11.2 Å². The number of halogens is 1. The minimum absolute atomic E-state index is 0.407. The molecule has 0 aliphatic carbocycles. The van der Waals surface area contributed by atoms with Crippen molar-refractivity contribution in [2.24, 2.45) is 13.0 Å². The highest BCUT2D eigenvalue weighted by molar-refractivity contribution is 6.16. The van der Waals surface area contributed by atoms with E-state index in [1.165, 1.54) is 0 Å². The summed E-state index contributed by atoms with van der Waals surface area (Å²) in [7, 11) is 3.68. The third-order valence-corrected chi connectivity index (χ3v) is 3.51. The quantitative estimate of drug-likeness (QED) is 0.765. The van der Waals surface area contributed by atoms with E-state index in [2.05, 4.69) is 28.5 Å². The SMILES string of the molecule is CCc1nn(C)c2c1nc(CCl)n2CC(C)COC. The van der Waals surface area contributed by atoms with Crippen molar-refractivity contribution in [1.82, 2.24) is 19.3 Å². The summed E-state index contributed by atoms with van der Waals surface area (Å²) in [6.45, 7) is 5.81. The van der Waals surface area contributed by atoms with E-state index in [-0.39, 0.29) is 0 Å². The second kappa shape index (κ2) is 5.92. The van der Waals surface area contributed by atoms with Gasteiger partial charge in [-0.15, -0.1) is 11.6 Å². The lowest BCUT2D eigenvalue weighted by Crippen LogP contribution is -2.15. The molecule has 106 valence electrons. The van der Waals surface area contributed by atoms with E-state index in [9.17, 15) is 0 Å². The summed E-state index contributed by atoms with van der Waals surface area (Å²) < 4.78 is 9.27. The first-order valence-corrected chi connectivity index (χ1v) is 7.11. The molecule has 2 aromatic heterocycles. The van der Waals surface area contributed by atoms with Crippen molar-refractivity contribution in [3.63, 3.8) is 0 Å². The molecule has 0 aliphatic rings. The fraction of sp³-hybridized carbons (Fsp3) is 0.692. The minimum atomic E-state index is 0.407. The van der Waals surface area contributed by atoms with E-state index in [1.807, 2.05) is 11.7 Å². The van der Waals surface area contributed by atoms with Gasteiger partial charge in [0.05, 0.1) is 18.2 Å². The number of aryl methyl sites for hydroxylation is 2. The Kier molecular flexibility index (Phi) is 4.47. The smallest absolute Gasteiger partial charge is 0.158 e. The maximum Gasteiger partial charge on any atom is 0.158 e. The maximum atomic E-state index is 6.02. The van der Waals surface area contributed by atoms with E-state index >= 15 is 0 Å². The molecule has 5 nitrogen and oxygen atoms in total. The van der Waals surface area contributed by atoms with Crippen molar-refractivity contribution < 1.29 is 4.74 Å². The molecule has 1 atom stereocenters. The van der Waals surface area contributed by atoms with Crippen LogP contribution in [0.4, 0.5) is 0 Å². The van der Waals surface area contributed by atoms with Crippen molar-refractivity contribution in [2.75, 3.05) is 13.7 Å². The Morgan fingerprint density at radius 3 is 2.74 bits per heavy atom. The van der Waals surface area contributed by atoms with E-state index in [4.69, 9.17) is 16.3 Å². The Labute approximate surface area is 118 Å². The normalized spacial score (nSPS) is 13.3. The van der Waals surface area contributed by atoms with Crippen LogP contribution < -0.4 is 0 Å². The molecular formula is C13H21ClN4O. The molecule has 0 saturated heterocycles. The highest BCUT2D eigenvalue weighted by Gasteiger charge is 2.19. The molecule has 0 radical (unpaired) electrons. The summed E-state index contributed by atoms with van der Waals surface area (Å²) in [6, 6.07) is 0. The molecule has 0 bridgehead atoms. The summed E-state index contributed by atoms with van der Waals surface area (Å²) in [6.07, 6.45) is 0.879. The highest BCUT2D eigenvalue weighted by Crippen LogP contribution is 2.22. The average molecular weight is 285 g/mol. The molecule has 0 amide bonds. The molecule has 0 aliphatic heterocycles. The molecule has 0 N–H and O–H groups in total. The van der Waals surface area contributed by atoms with Crippen molar-refractivity contribution in [3.8, 4) is 0 Å². The predicted molar refractivity (Wildman–Crippen MR) is 76.5 cm³/mol. The Bertz CT molecular complexity index is 560. The Morgan fingerprint density at radius 2 is 2.16 bits per heavy atom. The zero-order chi connectivity index (χ0) is 14.0. The Morgan fingerprint density at radius 1 is 1.42 bits per heavy atom. The first kappa shape index (κ1) is 14.3. The summed E-state index contributed by atoms with van der Waals surface area (Å²) in [5.74, 6) is 1.73. The second-order valence-corrected chi connectivity index (χ2v) is 5.20. The number of alkyl halides is 1. The zero-order valence-corrected chi connectivity index (χ0v) is 12.7. The maximum absolute atomic E-state index is 6.02. The van der Waals surface area contributed by atoms with Gasteiger partial charge in [0.25, 0.3) is 0 Å². The van der Waals surface area contributed by atoms with Gasteiger partial charge in [-0.05, 0) is 12.3 Å². The lowest BCUT2D eigenvalue weighted by Gasteiger charge is -2.14. The van der Waals surface area contributed by atoms with Crippen LogP contribution in [0.5, 0.6) is 0 Å². The number of nitrogens with zero attached hydrogens (tertiary/aromatic N) is 4. The average Bonchev–Trinajstić information content (AvgIpc) is 2.88. The van der Waals surface area contributed by atoms with Crippen molar-refractivity contribution in [1.29, 1.82) is 0 Å². The summed E-state index contributed by atoms with van der Waals surface area (Å²) in [4.78, 5) is 4.64. The largest absolute Gasteiger partial charge is 0.384 e. The van der Waals surface area contributed by atoms with Gasteiger partial charge in [0.2, 0.25) is 0 Å². The number of hydrogen-bond acceptors (Lipinski definition) is 3. The van der Waals surface area contributed by atoms with Crippen molar-refractivity contribution >= 4 is 22.8 Å². The van der Waals surface area contributed by atoms with Crippen LogP contribution in [0.3, 0.4) is 0 Å². The van der Waals surface area contributed by atoms with Crippen LogP contribution in [0.2, 0.25) is 0 Å². The molecule has 2 aromatic rings. The second-order valence-electron chi connectivity index (χ2n) is 4.93. The molecule has 0 saturated carbocycles. The van der Waals surface area contributed by atoms with Gasteiger partial charge in [-0.3, -0.25) is 4.68 Å². The van der Waals surface area contributed by atoms with E-state index < -0.39 is 0 Å². The molecule has 19 heavy (non-hydrogen) atoms. The molecule has 0 spiro atoms. The first-order chi connectivity index (χ1) is 9.12. The van der Waals surface area contributed by atoms with Gasteiger partial charge < -0.3 is 9.30 Å². The first-order valence-electron chi connectivity index (χ1n) is 6.58. The number of imidazole rings is 1. The van der Waals surface area contributed by atoms with Crippen molar-refractivity contribution in [3.05, 3.63) is 11.5 Å². The number of rotatable bonds is 6. The lowest BCUT2D eigenvalue weighted by molar-refractivity contribution is 0.151.